The SMILES string of the molecule is N#Cc1cccc2c(C34CNC[C@H]3C4)[nH]nc12. The van der Waals surface area contributed by atoms with Gasteiger partial charge in [-0.25, -0.2) is 0 Å². The fourth-order valence-electron chi connectivity index (χ4n) is 3.24. The molecule has 1 aromatic heterocycles. The molecule has 2 fully saturated rings. The van der Waals surface area contributed by atoms with Crippen LogP contribution >= 0.6 is 0 Å². The summed E-state index contributed by atoms with van der Waals surface area (Å²) in [4.78, 5) is 0. The Labute approximate surface area is 98.6 Å². The van der Waals surface area contributed by atoms with E-state index in [1.807, 2.05) is 12.1 Å². The molecule has 2 N–H and O–H groups in total. The van der Waals surface area contributed by atoms with Gasteiger partial charge in [-0.3, -0.25) is 5.10 Å². The van der Waals surface area contributed by atoms with E-state index < -0.39 is 0 Å². The molecule has 0 bridgehead atoms. The molecule has 1 aliphatic heterocycles. The van der Waals surface area contributed by atoms with Crippen LogP contribution in [0.1, 0.15) is 17.7 Å². The van der Waals surface area contributed by atoms with Crippen LogP contribution in [0.4, 0.5) is 0 Å². The number of para-hydroxylation sites is 1. The lowest BCUT2D eigenvalue weighted by molar-refractivity contribution is 0.658. The summed E-state index contributed by atoms with van der Waals surface area (Å²) in [6, 6.07) is 8.03. The van der Waals surface area contributed by atoms with Crippen molar-refractivity contribution < 1.29 is 0 Å². The van der Waals surface area contributed by atoms with Crippen molar-refractivity contribution in [3.63, 3.8) is 0 Å². The molecule has 1 aromatic carbocycles. The normalized spacial score (nSPS) is 30.2. The van der Waals surface area contributed by atoms with E-state index in [4.69, 9.17) is 5.26 Å². The number of nitriles is 1. The molecule has 4 heteroatoms. The fraction of sp³-hybridized carbons (Fsp3) is 0.385. The molecule has 2 heterocycles. The molecule has 0 spiro atoms. The molecule has 1 saturated carbocycles. The van der Waals surface area contributed by atoms with E-state index >= 15 is 0 Å². The van der Waals surface area contributed by atoms with Crippen LogP contribution in [0.2, 0.25) is 0 Å². The lowest BCUT2D eigenvalue weighted by atomic mass is 9.97. The lowest BCUT2D eigenvalue weighted by Gasteiger charge is -2.09. The first-order chi connectivity index (χ1) is 8.35. The highest BCUT2D eigenvalue weighted by atomic mass is 15.1. The number of rotatable bonds is 1. The number of aromatic amines is 1. The van der Waals surface area contributed by atoms with Crippen molar-refractivity contribution in [3.05, 3.63) is 29.5 Å². The molecular weight excluding hydrogens is 212 g/mol. The van der Waals surface area contributed by atoms with Crippen molar-refractivity contribution in [2.75, 3.05) is 13.1 Å². The molecule has 2 aliphatic rings. The topological polar surface area (TPSA) is 64.5 Å². The van der Waals surface area contributed by atoms with Crippen molar-refractivity contribution in [1.29, 1.82) is 5.26 Å². The van der Waals surface area contributed by atoms with Crippen molar-refractivity contribution >= 4 is 10.9 Å². The number of piperidine rings is 1. The second kappa shape index (κ2) is 2.88. The minimum absolute atomic E-state index is 0.267. The third-order valence-electron chi connectivity index (χ3n) is 4.27. The van der Waals surface area contributed by atoms with Gasteiger partial charge in [0.15, 0.2) is 0 Å². The highest BCUT2D eigenvalue weighted by molar-refractivity contribution is 5.87. The number of fused-ring (bicyclic) bond motifs is 2. The van der Waals surface area contributed by atoms with Gasteiger partial charge in [-0.2, -0.15) is 10.4 Å². The standard InChI is InChI=1S/C13H12N4/c14-5-8-2-1-3-10-11(8)16-17-12(10)13-4-9(13)6-15-7-13/h1-3,9,15H,4,6-7H2,(H,16,17)/t9-,13?/m1/s1. The summed E-state index contributed by atoms with van der Waals surface area (Å²) >= 11 is 0. The fourth-order valence-corrected chi connectivity index (χ4v) is 3.24. The van der Waals surface area contributed by atoms with E-state index in [9.17, 15) is 0 Å². The number of aromatic nitrogens is 2. The van der Waals surface area contributed by atoms with E-state index in [2.05, 4.69) is 27.6 Å². The minimum atomic E-state index is 0.267. The van der Waals surface area contributed by atoms with Crippen molar-refractivity contribution in [2.45, 2.75) is 11.8 Å². The van der Waals surface area contributed by atoms with Crippen molar-refractivity contribution in [1.82, 2.24) is 15.5 Å². The quantitative estimate of drug-likeness (QED) is 0.767. The maximum absolute atomic E-state index is 9.07. The van der Waals surface area contributed by atoms with E-state index in [1.165, 1.54) is 12.1 Å². The molecule has 1 unspecified atom stereocenters. The summed E-state index contributed by atoms with van der Waals surface area (Å²) in [5, 5.41) is 21.1. The Balaban J connectivity index is 1.96. The van der Waals surface area contributed by atoms with Crippen LogP contribution in [0.25, 0.3) is 10.9 Å². The summed E-state index contributed by atoms with van der Waals surface area (Å²) in [7, 11) is 0. The average Bonchev–Trinajstić information content (AvgIpc) is 2.78. The van der Waals surface area contributed by atoms with Gasteiger partial charge in [0, 0.05) is 17.3 Å². The number of nitrogens with zero attached hydrogens (tertiary/aromatic N) is 2. The Bertz CT molecular complexity index is 651. The van der Waals surface area contributed by atoms with E-state index in [0.717, 1.165) is 29.9 Å². The Morgan fingerprint density at radius 1 is 1.47 bits per heavy atom. The van der Waals surface area contributed by atoms with Crippen LogP contribution in [0.3, 0.4) is 0 Å². The molecule has 17 heavy (non-hydrogen) atoms. The Morgan fingerprint density at radius 3 is 3.12 bits per heavy atom. The average molecular weight is 224 g/mol. The number of hydrogen-bond donors (Lipinski definition) is 2. The Hall–Kier alpha value is -1.86. The third-order valence-corrected chi connectivity index (χ3v) is 4.27. The zero-order chi connectivity index (χ0) is 11.5. The molecule has 4 nitrogen and oxygen atoms in total. The largest absolute Gasteiger partial charge is 0.315 e. The summed E-state index contributed by atoms with van der Waals surface area (Å²) in [6.45, 7) is 2.14. The van der Waals surface area contributed by atoms with Crippen molar-refractivity contribution in [2.24, 2.45) is 5.92 Å². The van der Waals surface area contributed by atoms with Gasteiger partial charge in [0.1, 0.15) is 11.6 Å². The molecule has 1 aliphatic carbocycles. The van der Waals surface area contributed by atoms with Gasteiger partial charge in [0.2, 0.25) is 0 Å². The lowest BCUT2D eigenvalue weighted by Crippen LogP contribution is -2.19. The van der Waals surface area contributed by atoms with E-state index in [-0.39, 0.29) is 5.41 Å². The number of nitrogens with one attached hydrogen (secondary N) is 2. The summed E-state index contributed by atoms with van der Waals surface area (Å²) in [5.41, 5.74) is 2.96. The first kappa shape index (κ1) is 9.20. The van der Waals surface area contributed by atoms with Crippen LogP contribution in [-0.4, -0.2) is 23.3 Å². The van der Waals surface area contributed by atoms with Gasteiger partial charge < -0.3 is 5.32 Å². The minimum Gasteiger partial charge on any atom is -0.315 e. The van der Waals surface area contributed by atoms with Gasteiger partial charge >= 0.3 is 0 Å². The highest BCUT2D eigenvalue weighted by Gasteiger charge is 2.59. The summed E-state index contributed by atoms with van der Waals surface area (Å²) < 4.78 is 0. The zero-order valence-corrected chi connectivity index (χ0v) is 9.33. The molecule has 0 amide bonds. The predicted octanol–water partition coefficient (Wildman–Crippen LogP) is 1.30. The maximum Gasteiger partial charge on any atom is 0.110 e. The van der Waals surface area contributed by atoms with Crippen LogP contribution < -0.4 is 5.32 Å². The number of hydrogen-bond acceptors (Lipinski definition) is 3. The maximum atomic E-state index is 9.07. The summed E-state index contributed by atoms with van der Waals surface area (Å²) in [6.07, 6.45) is 1.24. The number of benzene rings is 1. The molecule has 4 rings (SSSR count). The van der Waals surface area contributed by atoms with Gasteiger partial charge in [-0.05, 0) is 24.9 Å². The first-order valence-corrected chi connectivity index (χ1v) is 5.93. The monoisotopic (exact) mass is 224 g/mol. The van der Waals surface area contributed by atoms with E-state index in [1.54, 1.807) is 0 Å². The smallest absolute Gasteiger partial charge is 0.110 e. The van der Waals surface area contributed by atoms with Crippen LogP contribution in [0, 0.1) is 17.2 Å². The molecular formula is C13H12N4. The second-order valence-electron chi connectivity index (χ2n) is 5.10. The molecule has 2 atom stereocenters. The van der Waals surface area contributed by atoms with Crippen LogP contribution in [0.15, 0.2) is 18.2 Å². The van der Waals surface area contributed by atoms with Gasteiger partial charge in [-0.15, -0.1) is 0 Å². The molecule has 0 radical (unpaired) electrons. The second-order valence-corrected chi connectivity index (χ2v) is 5.10. The number of H-pyrrole nitrogens is 1. The van der Waals surface area contributed by atoms with Gasteiger partial charge in [0.25, 0.3) is 0 Å². The van der Waals surface area contributed by atoms with Crippen LogP contribution in [-0.2, 0) is 5.41 Å². The summed E-state index contributed by atoms with van der Waals surface area (Å²) in [5.74, 6) is 0.747. The van der Waals surface area contributed by atoms with Crippen molar-refractivity contribution in [3.8, 4) is 6.07 Å². The first-order valence-electron chi connectivity index (χ1n) is 5.93. The molecule has 84 valence electrons. The van der Waals surface area contributed by atoms with Gasteiger partial charge in [0.05, 0.1) is 11.3 Å². The molecule has 2 aromatic rings. The third kappa shape index (κ3) is 1.02. The molecule has 1 saturated heterocycles. The highest BCUT2D eigenvalue weighted by Crippen LogP contribution is 2.57. The van der Waals surface area contributed by atoms with E-state index in [0.29, 0.717) is 5.56 Å². The Morgan fingerprint density at radius 2 is 2.41 bits per heavy atom. The Kier molecular flexibility index (Phi) is 1.56. The van der Waals surface area contributed by atoms with Gasteiger partial charge in [-0.1, -0.05) is 12.1 Å². The van der Waals surface area contributed by atoms with Crippen LogP contribution in [0.5, 0.6) is 0 Å². The zero-order valence-electron chi connectivity index (χ0n) is 9.33. The predicted molar refractivity (Wildman–Crippen MR) is 63.5 cm³/mol.